The predicted molar refractivity (Wildman–Crippen MR) is 102 cm³/mol. The molecule has 0 heterocycles. The van der Waals surface area contributed by atoms with Gasteiger partial charge in [0.25, 0.3) is 11.8 Å². The quantitative estimate of drug-likeness (QED) is 0.724. The molecule has 2 aromatic carbocycles. The number of benzene rings is 2. The molecule has 0 fully saturated rings. The Balaban J connectivity index is 2.18. The molecule has 6 heteroatoms. The van der Waals surface area contributed by atoms with Gasteiger partial charge < -0.3 is 15.4 Å². The van der Waals surface area contributed by atoms with E-state index in [0.29, 0.717) is 40.2 Å². The van der Waals surface area contributed by atoms with Gasteiger partial charge in [-0.1, -0.05) is 19.1 Å². The van der Waals surface area contributed by atoms with Gasteiger partial charge >= 0.3 is 0 Å². The Morgan fingerprint density at radius 2 is 1.84 bits per heavy atom. The zero-order chi connectivity index (χ0) is 18.2. The van der Waals surface area contributed by atoms with Crippen LogP contribution in [-0.2, 0) is 0 Å². The molecule has 0 atom stereocenters. The van der Waals surface area contributed by atoms with Crippen molar-refractivity contribution in [2.45, 2.75) is 20.3 Å². The highest BCUT2D eigenvalue weighted by molar-refractivity contribution is 9.10. The molecule has 2 aromatic rings. The molecule has 25 heavy (non-hydrogen) atoms. The first-order valence-corrected chi connectivity index (χ1v) is 8.97. The lowest BCUT2D eigenvalue weighted by Crippen LogP contribution is -2.25. The Hall–Kier alpha value is -2.34. The highest BCUT2D eigenvalue weighted by atomic mass is 79.9. The van der Waals surface area contributed by atoms with Crippen molar-refractivity contribution in [2.75, 3.05) is 18.5 Å². The first-order valence-electron chi connectivity index (χ1n) is 8.17. The Morgan fingerprint density at radius 1 is 1.08 bits per heavy atom. The van der Waals surface area contributed by atoms with Gasteiger partial charge in [0, 0.05) is 12.1 Å². The summed E-state index contributed by atoms with van der Waals surface area (Å²) in [7, 11) is 0. The molecule has 0 bridgehead atoms. The first-order chi connectivity index (χ1) is 12.1. The monoisotopic (exact) mass is 404 g/mol. The van der Waals surface area contributed by atoms with E-state index in [4.69, 9.17) is 4.74 Å². The minimum Gasteiger partial charge on any atom is -0.493 e. The molecule has 0 aliphatic rings. The summed E-state index contributed by atoms with van der Waals surface area (Å²) < 4.78 is 6.15. The molecule has 0 radical (unpaired) electrons. The van der Waals surface area contributed by atoms with Gasteiger partial charge in [-0.25, -0.2) is 0 Å². The van der Waals surface area contributed by atoms with Crippen LogP contribution in [0.5, 0.6) is 5.75 Å². The van der Waals surface area contributed by atoms with E-state index >= 15 is 0 Å². The fraction of sp³-hybridized carbons (Fsp3) is 0.263. The van der Waals surface area contributed by atoms with Crippen LogP contribution >= 0.6 is 15.9 Å². The van der Waals surface area contributed by atoms with Crippen LogP contribution in [0.1, 0.15) is 41.0 Å². The van der Waals surface area contributed by atoms with Gasteiger partial charge in [-0.15, -0.1) is 0 Å². The van der Waals surface area contributed by atoms with Crippen LogP contribution in [0, 0.1) is 0 Å². The number of para-hydroxylation sites is 1. The number of anilines is 1. The fourth-order valence-corrected chi connectivity index (χ4v) is 2.73. The number of rotatable bonds is 7. The summed E-state index contributed by atoms with van der Waals surface area (Å²) in [5, 5.41) is 5.62. The molecule has 0 aliphatic heterocycles. The standard InChI is InChI=1S/C19H21BrN2O3/c1-3-11-21-19(24)14-7-5-6-8-16(14)22-18(23)13-9-10-17(25-4-2)15(20)12-13/h5-10,12H,3-4,11H2,1-2H3,(H,21,24)(H,22,23). The zero-order valence-corrected chi connectivity index (χ0v) is 15.9. The van der Waals surface area contributed by atoms with E-state index in [1.807, 2.05) is 13.8 Å². The third-order valence-electron chi connectivity index (χ3n) is 3.45. The van der Waals surface area contributed by atoms with E-state index in [-0.39, 0.29) is 11.8 Å². The third kappa shape index (κ3) is 5.06. The Bertz CT molecular complexity index is 762. The largest absolute Gasteiger partial charge is 0.493 e. The summed E-state index contributed by atoms with van der Waals surface area (Å²) >= 11 is 3.40. The number of nitrogens with one attached hydrogen (secondary N) is 2. The summed E-state index contributed by atoms with van der Waals surface area (Å²) in [5.74, 6) is 0.184. The van der Waals surface area contributed by atoms with Crippen LogP contribution in [0.15, 0.2) is 46.9 Å². The van der Waals surface area contributed by atoms with Gasteiger partial charge in [0.05, 0.1) is 22.3 Å². The topological polar surface area (TPSA) is 67.4 Å². The van der Waals surface area contributed by atoms with Crippen LogP contribution in [0.3, 0.4) is 0 Å². The van der Waals surface area contributed by atoms with Crippen molar-refractivity contribution in [1.82, 2.24) is 5.32 Å². The highest BCUT2D eigenvalue weighted by Gasteiger charge is 2.14. The summed E-state index contributed by atoms with van der Waals surface area (Å²) in [5.41, 5.74) is 1.39. The van der Waals surface area contributed by atoms with Crippen molar-refractivity contribution >= 4 is 33.4 Å². The lowest BCUT2D eigenvalue weighted by molar-refractivity contribution is 0.0954. The molecular formula is C19H21BrN2O3. The second kappa shape index (κ2) is 9.22. The maximum atomic E-state index is 12.5. The second-order valence-corrected chi connectivity index (χ2v) is 6.19. The molecule has 2 rings (SSSR count). The van der Waals surface area contributed by atoms with Crippen LogP contribution in [0.4, 0.5) is 5.69 Å². The normalized spacial score (nSPS) is 10.2. The molecule has 0 spiro atoms. The number of carbonyl (C=O) groups is 2. The highest BCUT2D eigenvalue weighted by Crippen LogP contribution is 2.26. The molecular weight excluding hydrogens is 384 g/mol. The van der Waals surface area contributed by atoms with Crippen LogP contribution < -0.4 is 15.4 Å². The number of hydrogen-bond acceptors (Lipinski definition) is 3. The van der Waals surface area contributed by atoms with Gasteiger partial charge in [-0.3, -0.25) is 9.59 Å². The molecule has 0 saturated heterocycles. The molecule has 0 aliphatic carbocycles. The summed E-state index contributed by atoms with van der Waals surface area (Å²) in [6.45, 7) is 5.02. The molecule has 0 saturated carbocycles. The summed E-state index contributed by atoms with van der Waals surface area (Å²) in [6, 6.07) is 12.1. The zero-order valence-electron chi connectivity index (χ0n) is 14.3. The van der Waals surface area contributed by atoms with E-state index < -0.39 is 0 Å². The molecule has 0 aromatic heterocycles. The van der Waals surface area contributed by atoms with Crippen LogP contribution in [0.25, 0.3) is 0 Å². The second-order valence-electron chi connectivity index (χ2n) is 5.33. The predicted octanol–water partition coefficient (Wildman–Crippen LogP) is 4.24. The molecule has 0 unspecified atom stereocenters. The number of halogens is 1. The average Bonchev–Trinajstić information content (AvgIpc) is 2.62. The van der Waals surface area contributed by atoms with Crippen molar-refractivity contribution in [3.8, 4) is 5.75 Å². The maximum absolute atomic E-state index is 12.5. The Kier molecular flexibility index (Phi) is 7.01. The molecule has 5 nitrogen and oxygen atoms in total. The lowest BCUT2D eigenvalue weighted by Gasteiger charge is -2.12. The number of amides is 2. The average molecular weight is 405 g/mol. The van der Waals surface area contributed by atoms with E-state index in [0.717, 1.165) is 6.42 Å². The van der Waals surface area contributed by atoms with E-state index in [9.17, 15) is 9.59 Å². The van der Waals surface area contributed by atoms with Crippen molar-refractivity contribution in [3.63, 3.8) is 0 Å². The SMILES string of the molecule is CCCNC(=O)c1ccccc1NC(=O)c1ccc(OCC)c(Br)c1. The van der Waals surface area contributed by atoms with Crippen LogP contribution in [-0.4, -0.2) is 25.0 Å². The van der Waals surface area contributed by atoms with Gasteiger partial charge in [0.2, 0.25) is 0 Å². The minimum atomic E-state index is -0.292. The van der Waals surface area contributed by atoms with E-state index in [1.165, 1.54) is 0 Å². The van der Waals surface area contributed by atoms with Crippen molar-refractivity contribution in [2.24, 2.45) is 0 Å². The van der Waals surface area contributed by atoms with E-state index in [2.05, 4.69) is 26.6 Å². The number of carbonyl (C=O) groups excluding carboxylic acids is 2. The maximum Gasteiger partial charge on any atom is 0.255 e. The van der Waals surface area contributed by atoms with Crippen molar-refractivity contribution < 1.29 is 14.3 Å². The third-order valence-corrected chi connectivity index (χ3v) is 4.07. The number of hydrogen-bond donors (Lipinski definition) is 2. The summed E-state index contributed by atoms with van der Waals surface area (Å²) in [6.07, 6.45) is 0.848. The summed E-state index contributed by atoms with van der Waals surface area (Å²) in [4.78, 5) is 24.7. The van der Waals surface area contributed by atoms with E-state index in [1.54, 1.807) is 42.5 Å². The van der Waals surface area contributed by atoms with Crippen molar-refractivity contribution in [3.05, 3.63) is 58.1 Å². The Morgan fingerprint density at radius 3 is 2.52 bits per heavy atom. The van der Waals surface area contributed by atoms with Gasteiger partial charge in [-0.2, -0.15) is 0 Å². The van der Waals surface area contributed by atoms with Crippen molar-refractivity contribution in [1.29, 1.82) is 0 Å². The molecule has 2 N–H and O–H groups in total. The molecule has 2 amide bonds. The smallest absolute Gasteiger partial charge is 0.255 e. The van der Waals surface area contributed by atoms with Gasteiger partial charge in [0.15, 0.2) is 0 Å². The minimum absolute atomic E-state index is 0.203. The lowest BCUT2D eigenvalue weighted by atomic mass is 10.1. The Labute approximate surface area is 155 Å². The first kappa shape index (κ1) is 19.0. The molecule has 132 valence electrons. The number of ether oxygens (including phenoxy) is 1. The fourth-order valence-electron chi connectivity index (χ4n) is 2.23. The van der Waals surface area contributed by atoms with Crippen LogP contribution in [0.2, 0.25) is 0 Å². The van der Waals surface area contributed by atoms with Gasteiger partial charge in [-0.05, 0) is 59.6 Å². The van der Waals surface area contributed by atoms with Gasteiger partial charge in [0.1, 0.15) is 5.75 Å².